The van der Waals surface area contributed by atoms with Crippen LogP contribution in [0.15, 0.2) is 0 Å². The van der Waals surface area contributed by atoms with E-state index in [1.54, 1.807) is 4.90 Å². The Bertz CT molecular complexity index is 238. The van der Waals surface area contributed by atoms with Crippen molar-refractivity contribution >= 4 is 11.9 Å². The van der Waals surface area contributed by atoms with Crippen molar-refractivity contribution in [2.24, 2.45) is 11.8 Å². The molecule has 0 spiro atoms. The second-order valence-corrected chi connectivity index (χ2v) is 4.27. The van der Waals surface area contributed by atoms with Crippen molar-refractivity contribution in [2.45, 2.75) is 27.2 Å². The fourth-order valence-electron chi connectivity index (χ4n) is 1.33. The predicted molar refractivity (Wildman–Crippen MR) is 53.7 cm³/mol. The molecule has 1 heterocycles. The largest absolute Gasteiger partial charge is 0.324 e. The van der Waals surface area contributed by atoms with Crippen LogP contribution in [0.2, 0.25) is 0 Å². The molecule has 1 rings (SSSR count). The van der Waals surface area contributed by atoms with Crippen molar-refractivity contribution < 1.29 is 9.59 Å². The van der Waals surface area contributed by atoms with Gasteiger partial charge in [-0.15, -0.1) is 0 Å². The number of nitrogens with zero attached hydrogens (tertiary/aromatic N) is 1. The number of amides is 3. The van der Waals surface area contributed by atoms with Crippen LogP contribution in [0.4, 0.5) is 4.79 Å². The summed E-state index contributed by atoms with van der Waals surface area (Å²) < 4.78 is 0. The smallest absolute Gasteiger partial charge is 0.324 e. The predicted octanol–water partition coefficient (Wildman–Crippen LogP) is 1.22. The molecule has 1 N–H and O–H groups in total. The van der Waals surface area contributed by atoms with Crippen molar-refractivity contribution in [2.75, 3.05) is 13.1 Å². The second kappa shape index (κ2) is 4.44. The monoisotopic (exact) mass is 198 g/mol. The number of hydrogen-bond donors (Lipinski definition) is 1. The summed E-state index contributed by atoms with van der Waals surface area (Å²) in [5.41, 5.74) is 0. The van der Waals surface area contributed by atoms with Crippen molar-refractivity contribution in [3.05, 3.63) is 0 Å². The van der Waals surface area contributed by atoms with E-state index in [0.29, 0.717) is 24.8 Å². The van der Waals surface area contributed by atoms with E-state index in [1.807, 2.05) is 0 Å². The average molecular weight is 198 g/mol. The van der Waals surface area contributed by atoms with Crippen LogP contribution < -0.4 is 5.32 Å². The molecule has 1 unspecified atom stereocenters. The number of hydrogen-bond acceptors (Lipinski definition) is 2. The van der Waals surface area contributed by atoms with Gasteiger partial charge in [-0.1, -0.05) is 20.8 Å². The highest BCUT2D eigenvalue weighted by atomic mass is 16.2. The van der Waals surface area contributed by atoms with Crippen LogP contribution in [0.5, 0.6) is 0 Å². The van der Waals surface area contributed by atoms with Gasteiger partial charge in [0.1, 0.15) is 0 Å². The summed E-state index contributed by atoms with van der Waals surface area (Å²) >= 11 is 0. The molecule has 0 aliphatic carbocycles. The summed E-state index contributed by atoms with van der Waals surface area (Å²) in [5.74, 6) is 0.859. The normalized spacial score (nSPS) is 19.9. The van der Waals surface area contributed by atoms with Crippen LogP contribution in [0.1, 0.15) is 27.2 Å². The van der Waals surface area contributed by atoms with Crippen molar-refractivity contribution in [3.63, 3.8) is 0 Å². The molecule has 0 aromatic carbocycles. The molecule has 1 aliphatic rings. The van der Waals surface area contributed by atoms with Crippen molar-refractivity contribution in [1.82, 2.24) is 10.2 Å². The Kier molecular flexibility index (Phi) is 3.49. The van der Waals surface area contributed by atoms with Crippen LogP contribution in [0.25, 0.3) is 0 Å². The van der Waals surface area contributed by atoms with Gasteiger partial charge in [0.05, 0.1) is 0 Å². The third-order valence-electron chi connectivity index (χ3n) is 2.79. The number of carbonyl (C=O) groups excluding carboxylic acids is 2. The summed E-state index contributed by atoms with van der Waals surface area (Å²) in [6.45, 7) is 7.68. The molecule has 1 aliphatic heterocycles. The fourth-order valence-corrected chi connectivity index (χ4v) is 1.33. The first-order chi connectivity index (χ1) is 6.50. The Morgan fingerprint density at radius 3 is 2.50 bits per heavy atom. The van der Waals surface area contributed by atoms with E-state index in [9.17, 15) is 9.59 Å². The van der Waals surface area contributed by atoms with Crippen LogP contribution in [0, 0.1) is 11.8 Å². The molecule has 0 aromatic heterocycles. The molecule has 3 amide bonds. The minimum Gasteiger partial charge on any atom is -0.324 e. The Morgan fingerprint density at radius 2 is 2.00 bits per heavy atom. The van der Waals surface area contributed by atoms with Gasteiger partial charge in [-0.25, -0.2) is 4.79 Å². The zero-order valence-corrected chi connectivity index (χ0v) is 9.04. The highest BCUT2D eigenvalue weighted by Gasteiger charge is 2.24. The molecule has 80 valence electrons. The minimum atomic E-state index is -0.242. The first-order valence-corrected chi connectivity index (χ1v) is 5.09. The highest BCUT2D eigenvalue weighted by Crippen LogP contribution is 2.13. The molecule has 0 saturated carbocycles. The number of urea groups is 1. The van der Waals surface area contributed by atoms with Crippen molar-refractivity contribution in [3.8, 4) is 0 Å². The van der Waals surface area contributed by atoms with E-state index >= 15 is 0 Å². The molecular weight excluding hydrogens is 180 g/mol. The van der Waals surface area contributed by atoms with Gasteiger partial charge in [-0.3, -0.25) is 10.1 Å². The lowest BCUT2D eigenvalue weighted by atomic mass is 9.97. The zero-order valence-electron chi connectivity index (χ0n) is 9.04. The van der Waals surface area contributed by atoms with Gasteiger partial charge in [0.15, 0.2) is 0 Å². The van der Waals surface area contributed by atoms with Gasteiger partial charge in [0.2, 0.25) is 5.91 Å². The van der Waals surface area contributed by atoms with Crippen LogP contribution in [-0.4, -0.2) is 29.9 Å². The molecule has 4 heteroatoms. The maximum atomic E-state index is 11.4. The Balaban J connectivity index is 2.45. The van der Waals surface area contributed by atoms with E-state index in [4.69, 9.17) is 0 Å². The van der Waals surface area contributed by atoms with E-state index in [1.165, 1.54) is 0 Å². The van der Waals surface area contributed by atoms with Crippen LogP contribution in [-0.2, 0) is 4.79 Å². The first kappa shape index (κ1) is 11.0. The Labute approximate surface area is 84.7 Å². The van der Waals surface area contributed by atoms with Gasteiger partial charge in [-0.05, 0) is 11.8 Å². The van der Waals surface area contributed by atoms with E-state index in [0.717, 1.165) is 6.54 Å². The van der Waals surface area contributed by atoms with E-state index < -0.39 is 0 Å². The topological polar surface area (TPSA) is 49.4 Å². The maximum Gasteiger partial charge on any atom is 0.324 e. The first-order valence-electron chi connectivity index (χ1n) is 5.09. The third-order valence-corrected chi connectivity index (χ3v) is 2.79. The van der Waals surface area contributed by atoms with Crippen LogP contribution in [0.3, 0.4) is 0 Å². The molecular formula is C10H18N2O2. The number of carbonyl (C=O) groups is 2. The number of nitrogens with one attached hydrogen (secondary N) is 1. The minimum absolute atomic E-state index is 0.163. The molecule has 1 atom stereocenters. The summed E-state index contributed by atoms with van der Waals surface area (Å²) in [6.07, 6.45) is 0.427. The summed E-state index contributed by atoms with van der Waals surface area (Å²) in [6, 6.07) is -0.242. The molecule has 4 nitrogen and oxygen atoms in total. The van der Waals surface area contributed by atoms with Gasteiger partial charge in [0, 0.05) is 19.5 Å². The molecule has 14 heavy (non-hydrogen) atoms. The lowest BCUT2D eigenvalue weighted by Crippen LogP contribution is -2.50. The van der Waals surface area contributed by atoms with Gasteiger partial charge < -0.3 is 4.90 Å². The molecule has 1 fully saturated rings. The number of rotatable bonds is 3. The van der Waals surface area contributed by atoms with Gasteiger partial charge >= 0.3 is 6.03 Å². The Hall–Kier alpha value is -1.06. The van der Waals surface area contributed by atoms with Gasteiger partial charge in [-0.2, -0.15) is 0 Å². The lowest BCUT2D eigenvalue weighted by Gasteiger charge is -2.30. The average Bonchev–Trinajstić information content (AvgIpc) is 2.09. The number of imide groups is 1. The van der Waals surface area contributed by atoms with E-state index in [2.05, 4.69) is 26.1 Å². The zero-order chi connectivity index (χ0) is 10.7. The maximum absolute atomic E-state index is 11.4. The molecule has 1 saturated heterocycles. The van der Waals surface area contributed by atoms with E-state index in [-0.39, 0.29) is 11.9 Å². The second-order valence-electron chi connectivity index (χ2n) is 4.27. The quantitative estimate of drug-likeness (QED) is 0.741. The standard InChI is InChI=1S/C10H18N2O2/c1-7(2)8(3)6-12-5-4-9(13)11-10(12)14/h7-8H,4-6H2,1-3H3,(H,11,13,14). The molecule has 0 radical (unpaired) electrons. The fraction of sp³-hybridized carbons (Fsp3) is 0.800. The summed E-state index contributed by atoms with van der Waals surface area (Å²) in [7, 11) is 0. The molecule has 0 aromatic rings. The third kappa shape index (κ3) is 2.72. The SMILES string of the molecule is CC(C)C(C)CN1CCC(=O)NC1=O. The lowest BCUT2D eigenvalue weighted by molar-refractivity contribution is -0.121. The highest BCUT2D eigenvalue weighted by molar-refractivity contribution is 5.96. The van der Waals surface area contributed by atoms with Gasteiger partial charge in [0.25, 0.3) is 0 Å². The molecule has 0 bridgehead atoms. The van der Waals surface area contributed by atoms with Crippen LogP contribution >= 0.6 is 0 Å². The Morgan fingerprint density at radius 1 is 1.36 bits per heavy atom. The summed E-state index contributed by atoms with van der Waals surface area (Å²) in [5, 5.41) is 2.32. The summed E-state index contributed by atoms with van der Waals surface area (Å²) in [4.78, 5) is 24.0. The van der Waals surface area contributed by atoms with Crippen molar-refractivity contribution in [1.29, 1.82) is 0 Å².